The Hall–Kier alpha value is -2.73. The topological polar surface area (TPSA) is 70.2 Å². The number of amides is 2. The minimum Gasteiger partial charge on any atom is -0.352 e. The van der Waals surface area contributed by atoms with Crippen molar-refractivity contribution in [3.63, 3.8) is 0 Å². The average molecular weight is 341 g/mol. The van der Waals surface area contributed by atoms with Crippen LogP contribution in [0.1, 0.15) is 22.3 Å². The molecule has 5 nitrogen and oxygen atoms in total. The standard InChI is InChI=1S/C19H20FN3O2/c20-16-5-2-4-14(10-16)19(25)23-17-6-1-3-13(9-17)11-22-18(24)15-7-8-21-12-15/h1-6,9-10,15,21H,7-8,11-12H2,(H,22,24)(H,23,25). The second-order valence-electron chi connectivity index (χ2n) is 6.07. The zero-order chi connectivity index (χ0) is 17.6. The summed E-state index contributed by atoms with van der Waals surface area (Å²) in [5.41, 5.74) is 1.74. The van der Waals surface area contributed by atoms with Crippen LogP contribution in [-0.4, -0.2) is 24.9 Å². The monoisotopic (exact) mass is 341 g/mol. The largest absolute Gasteiger partial charge is 0.352 e. The molecule has 1 aliphatic rings. The van der Waals surface area contributed by atoms with Gasteiger partial charge in [0.2, 0.25) is 5.91 Å². The Morgan fingerprint density at radius 2 is 2.00 bits per heavy atom. The van der Waals surface area contributed by atoms with Crippen LogP contribution in [0.25, 0.3) is 0 Å². The normalized spacial score (nSPS) is 16.4. The zero-order valence-electron chi connectivity index (χ0n) is 13.7. The highest BCUT2D eigenvalue weighted by atomic mass is 19.1. The van der Waals surface area contributed by atoms with Gasteiger partial charge in [-0.05, 0) is 48.9 Å². The van der Waals surface area contributed by atoms with Gasteiger partial charge in [0, 0.05) is 24.3 Å². The highest BCUT2D eigenvalue weighted by Gasteiger charge is 2.21. The van der Waals surface area contributed by atoms with Gasteiger partial charge in [-0.3, -0.25) is 9.59 Å². The van der Waals surface area contributed by atoms with Crippen molar-refractivity contribution in [3.8, 4) is 0 Å². The van der Waals surface area contributed by atoms with Crippen LogP contribution in [0.4, 0.5) is 10.1 Å². The first-order valence-corrected chi connectivity index (χ1v) is 8.26. The molecule has 1 fully saturated rings. The second kappa shape index (κ2) is 7.90. The van der Waals surface area contributed by atoms with Crippen molar-refractivity contribution in [1.29, 1.82) is 0 Å². The predicted molar refractivity (Wildman–Crippen MR) is 93.6 cm³/mol. The average Bonchev–Trinajstić information content (AvgIpc) is 3.15. The molecule has 2 aromatic carbocycles. The number of hydrogen-bond donors (Lipinski definition) is 3. The second-order valence-corrected chi connectivity index (χ2v) is 6.07. The van der Waals surface area contributed by atoms with Crippen molar-refractivity contribution >= 4 is 17.5 Å². The third kappa shape index (κ3) is 4.64. The summed E-state index contributed by atoms with van der Waals surface area (Å²) in [6.07, 6.45) is 0.857. The van der Waals surface area contributed by atoms with Crippen molar-refractivity contribution in [2.24, 2.45) is 5.92 Å². The van der Waals surface area contributed by atoms with Gasteiger partial charge in [-0.25, -0.2) is 4.39 Å². The van der Waals surface area contributed by atoms with E-state index in [0.717, 1.165) is 25.1 Å². The number of anilines is 1. The van der Waals surface area contributed by atoms with Crippen LogP contribution in [0.2, 0.25) is 0 Å². The molecular formula is C19H20FN3O2. The lowest BCUT2D eigenvalue weighted by Gasteiger charge is -2.11. The SMILES string of the molecule is O=C(Nc1cccc(CNC(=O)C2CCNC2)c1)c1cccc(F)c1. The van der Waals surface area contributed by atoms with Crippen LogP contribution in [0.3, 0.4) is 0 Å². The van der Waals surface area contributed by atoms with Gasteiger partial charge < -0.3 is 16.0 Å². The lowest BCUT2D eigenvalue weighted by Crippen LogP contribution is -2.31. The highest BCUT2D eigenvalue weighted by molar-refractivity contribution is 6.04. The first kappa shape index (κ1) is 17.1. The van der Waals surface area contributed by atoms with Crippen molar-refractivity contribution in [1.82, 2.24) is 10.6 Å². The van der Waals surface area contributed by atoms with Crippen LogP contribution in [0, 0.1) is 11.7 Å². The smallest absolute Gasteiger partial charge is 0.255 e. The third-order valence-electron chi connectivity index (χ3n) is 4.17. The maximum Gasteiger partial charge on any atom is 0.255 e. The van der Waals surface area contributed by atoms with Gasteiger partial charge in [0.05, 0.1) is 5.92 Å². The van der Waals surface area contributed by atoms with Crippen LogP contribution < -0.4 is 16.0 Å². The van der Waals surface area contributed by atoms with Gasteiger partial charge in [0.15, 0.2) is 0 Å². The predicted octanol–water partition coefficient (Wildman–Crippen LogP) is 2.30. The molecule has 1 unspecified atom stereocenters. The summed E-state index contributed by atoms with van der Waals surface area (Å²) in [5, 5.41) is 8.83. The van der Waals surface area contributed by atoms with E-state index in [2.05, 4.69) is 16.0 Å². The third-order valence-corrected chi connectivity index (χ3v) is 4.17. The molecule has 3 rings (SSSR count). The number of nitrogens with one attached hydrogen (secondary N) is 3. The van der Waals surface area contributed by atoms with E-state index >= 15 is 0 Å². The number of hydrogen-bond acceptors (Lipinski definition) is 3. The van der Waals surface area contributed by atoms with Gasteiger partial charge in [0.25, 0.3) is 5.91 Å². The number of carbonyl (C=O) groups excluding carboxylic acids is 2. The quantitative estimate of drug-likeness (QED) is 0.782. The Balaban J connectivity index is 1.59. The number of halogens is 1. The van der Waals surface area contributed by atoms with E-state index in [9.17, 15) is 14.0 Å². The molecule has 0 bridgehead atoms. The molecule has 0 spiro atoms. The Morgan fingerprint density at radius 3 is 2.76 bits per heavy atom. The summed E-state index contributed by atoms with van der Waals surface area (Å²) in [7, 11) is 0. The van der Waals surface area contributed by atoms with E-state index in [1.807, 2.05) is 6.07 Å². The molecule has 6 heteroatoms. The molecule has 1 heterocycles. The summed E-state index contributed by atoms with van der Waals surface area (Å²) >= 11 is 0. The van der Waals surface area contributed by atoms with Crippen molar-refractivity contribution in [3.05, 3.63) is 65.5 Å². The van der Waals surface area contributed by atoms with Crippen LogP contribution >= 0.6 is 0 Å². The van der Waals surface area contributed by atoms with E-state index in [1.54, 1.807) is 24.3 Å². The van der Waals surface area contributed by atoms with Crippen LogP contribution in [-0.2, 0) is 11.3 Å². The number of carbonyl (C=O) groups is 2. The molecule has 130 valence electrons. The fourth-order valence-corrected chi connectivity index (χ4v) is 2.80. The molecule has 0 radical (unpaired) electrons. The van der Waals surface area contributed by atoms with E-state index in [0.29, 0.717) is 12.2 Å². The molecular weight excluding hydrogens is 321 g/mol. The Kier molecular flexibility index (Phi) is 5.40. The molecule has 0 saturated carbocycles. The molecule has 2 amide bonds. The van der Waals surface area contributed by atoms with Gasteiger partial charge in [-0.2, -0.15) is 0 Å². The zero-order valence-corrected chi connectivity index (χ0v) is 13.7. The number of rotatable bonds is 5. The molecule has 3 N–H and O–H groups in total. The number of benzene rings is 2. The minimum atomic E-state index is -0.453. The van der Waals surface area contributed by atoms with Gasteiger partial charge >= 0.3 is 0 Å². The molecule has 0 aliphatic carbocycles. The lowest BCUT2D eigenvalue weighted by atomic mass is 10.1. The highest BCUT2D eigenvalue weighted by Crippen LogP contribution is 2.14. The van der Waals surface area contributed by atoms with E-state index in [1.165, 1.54) is 18.2 Å². The summed E-state index contributed by atoms with van der Waals surface area (Å²) in [6.45, 7) is 1.99. The molecule has 2 aromatic rings. The molecule has 1 atom stereocenters. The van der Waals surface area contributed by atoms with Crippen molar-refractivity contribution < 1.29 is 14.0 Å². The van der Waals surface area contributed by atoms with Crippen molar-refractivity contribution in [2.75, 3.05) is 18.4 Å². The van der Waals surface area contributed by atoms with Gasteiger partial charge in [-0.15, -0.1) is 0 Å². The molecule has 25 heavy (non-hydrogen) atoms. The van der Waals surface area contributed by atoms with E-state index in [4.69, 9.17) is 0 Å². The molecule has 0 aromatic heterocycles. The summed E-state index contributed by atoms with van der Waals surface area (Å²) in [6, 6.07) is 12.8. The molecule has 1 aliphatic heterocycles. The maximum atomic E-state index is 13.2. The Bertz CT molecular complexity index is 773. The maximum absolute atomic E-state index is 13.2. The van der Waals surface area contributed by atoms with Crippen LogP contribution in [0.15, 0.2) is 48.5 Å². The van der Waals surface area contributed by atoms with Gasteiger partial charge in [0.1, 0.15) is 5.82 Å². The van der Waals surface area contributed by atoms with Gasteiger partial charge in [-0.1, -0.05) is 18.2 Å². The Labute approximate surface area is 145 Å². The first-order valence-electron chi connectivity index (χ1n) is 8.26. The minimum absolute atomic E-state index is 0.0239. The fourth-order valence-electron chi connectivity index (χ4n) is 2.80. The van der Waals surface area contributed by atoms with E-state index in [-0.39, 0.29) is 23.3 Å². The summed E-state index contributed by atoms with van der Waals surface area (Å²) in [4.78, 5) is 24.2. The van der Waals surface area contributed by atoms with E-state index < -0.39 is 5.82 Å². The van der Waals surface area contributed by atoms with Crippen molar-refractivity contribution in [2.45, 2.75) is 13.0 Å². The van der Waals surface area contributed by atoms with Crippen LogP contribution in [0.5, 0.6) is 0 Å². The molecule has 1 saturated heterocycles. The fraction of sp³-hybridized carbons (Fsp3) is 0.263. The summed E-state index contributed by atoms with van der Waals surface area (Å²) < 4.78 is 13.2. The lowest BCUT2D eigenvalue weighted by molar-refractivity contribution is -0.124. The summed E-state index contributed by atoms with van der Waals surface area (Å²) in [5.74, 6) is -0.765. The first-order chi connectivity index (χ1) is 12.1. The Morgan fingerprint density at radius 1 is 1.16 bits per heavy atom.